The number of sulfonamides is 1. The van der Waals surface area contributed by atoms with Gasteiger partial charge in [0.25, 0.3) is 0 Å². The standard InChI is InChI=1S/C15H20N4O4S/c1-10-14(18-24(20,21)13-6-8-22-11(13)2)15(19(3)17-10)23-12-5-4-7-16-9-12/h4-5,7,9,11,13,18H,6,8H2,1-3H3/t11-,13-/m0/s1. The molecule has 2 atom stereocenters. The molecule has 1 N–H and O–H groups in total. The SMILES string of the molecule is Cc1nn(C)c(Oc2cccnc2)c1NS(=O)(=O)[C@H]1CCO[C@H]1C. The van der Waals surface area contributed by atoms with Gasteiger partial charge in [0, 0.05) is 19.9 Å². The van der Waals surface area contributed by atoms with Crippen LogP contribution in [0.25, 0.3) is 0 Å². The number of anilines is 1. The second-order valence-electron chi connectivity index (χ2n) is 5.73. The number of hydrogen-bond donors (Lipinski definition) is 1. The summed E-state index contributed by atoms with van der Waals surface area (Å²) in [6, 6.07) is 3.47. The summed E-state index contributed by atoms with van der Waals surface area (Å²) in [5.74, 6) is 0.814. The molecule has 2 aromatic heterocycles. The highest BCUT2D eigenvalue weighted by Crippen LogP contribution is 2.34. The lowest BCUT2D eigenvalue weighted by Crippen LogP contribution is -2.33. The monoisotopic (exact) mass is 352 g/mol. The van der Waals surface area contributed by atoms with Crippen molar-refractivity contribution < 1.29 is 17.9 Å². The molecule has 0 saturated carbocycles. The lowest BCUT2D eigenvalue weighted by molar-refractivity contribution is 0.126. The summed E-state index contributed by atoms with van der Waals surface area (Å²) in [6.45, 7) is 3.93. The largest absolute Gasteiger partial charge is 0.436 e. The predicted molar refractivity (Wildman–Crippen MR) is 88.6 cm³/mol. The van der Waals surface area contributed by atoms with Crippen LogP contribution in [-0.4, -0.2) is 41.1 Å². The zero-order valence-corrected chi connectivity index (χ0v) is 14.6. The van der Waals surface area contributed by atoms with E-state index in [2.05, 4.69) is 14.8 Å². The number of ether oxygens (including phenoxy) is 2. The van der Waals surface area contributed by atoms with E-state index in [9.17, 15) is 8.42 Å². The molecule has 0 bridgehead atoms. The van der Waals surface area contributed by atoms with E-state index in [0.29, 0.717) is 36.0 Å². The minimum Gasteiger partial charge on any atom is -0.436 e. The van der Waals surface area contributed by atoms with Crippen molar-refractivity contribution in [1.29, 1.82) is 0 Å². The molecule has 0 spiro atoms. The molecule has 0 aliphatic carbocycles. The van der Waals surface area contributed by atoms with Gasteiger partial charge in [0.05, 0.1) is 18.0 Å². The van der Waals surface area contributed by atoms with Crippen molar-refractivity contribution in [3.63, 3.8) is 0 Å². The van der Waals surface area contributed by atoms with Crippen LogP contribution in [-0.2, 0) is 21.8 Å². The highest BCUT2D eigenvalue weighted by molar-refractivity contribution is 7.93. The summed E-state index contributed by atoms with van der Waals surface area (Å²) in [5, 5.41) is 3.66. The van der Waals surface area contributed by atoms with Gasteiger partial charge in [-0.2, -0.15) is 5.10 Å². The summed E-state index contributed by atoms with van der Waals surface area (Å²) in [7, 11) is -1.92. The van der Waals surface area contributed by atoms with Crippen LogP contribution in [0.5, 0.6) is 11.6 Å². The van der Waals surface area contributed by atoms with Crippen LogP contribution >= 0.6 is 0 Å². The Balaban J connectivity index is 1.91. The van der Waals surface area contributed by atoms with Crippen LogP contribution < -0.4 is 9.46 Å². The molecule has 0 radical (unpaired) electrons. The zero-order chi connectivity index (χ0) is 17.3. The Morgan fingerprint density at radius 2 is 2.25 bits per heavy atom. The van der Waals surface area contributed by atoms with Gasteiger partial charge < -0.3 is 9.47 Å². The Morgan fingerprint density at radius 3 is 2.88 bits per heavy atom. The van der Waals surface area contributed by atoms with Crippen molar-refractivity contribution in [2.45, 2.75) is 31.6 Å². The first-order chi connectivity index (χ1) is 11.4. The van der Waals surface area contributed by atoms with E-state index in [1.54, 1.807) is 45.4 Å². The number of nitrogens with one attached hydrogen (secondary N) is 1. The highest BCUT2D eigenvalue weighted by Gasteiger charge is 2.37. The van der Waals surface area contributed by atoms with Crippen LogP contribution in [0, 0.1) is 6.92 Å². The van der Waals surface area contributed by atoms with Gasteiger partial charge in [0.15, 0.2) is 0 Å². The quantitative estimate of drug-likeness (QED) is 0.882. The van der Waals surface area contributed by atoms with Gasteiger partial charge in [-0.15, -0.1) is 0 Å². The summed E-state index contributed by atoms with van der Waals surface area (Å²) in [6.07, 6.45) is 3.30. The van der Waals surface area contributed by atoms with Crippen molar-refractivity contribution in [2.75, 3.05) is 11.3 Å². The fourth-order valence-corrected chi connectivity index (χ4v) is 4.39. The molecule has 3 heterocycles. The lowest BCUT2D eigenvalue weighted by atomic mass is 10.3. The smallest absolute Gasteiger partial charge is 0.242 e. The van der Waals surface area contributed by atoms with Gasteiger partial charge in [-0.05, 0) is 32.4 Å². The summed E-state index contributed by atoms with van der Waals surface area (Å²) in [4.78, 5) is 3.98. The van der Waals surface area contributed by atoms with Crippen molar-refractivity contribution >= 4 is 15.7 Å². The topological polar surface area (TPSA) is 95.3 Å². The Bertz CT molecular complexity index is 819. The molecular weight excluding hydrogens is 332 g/mol. The maximum absolute atomic E-state index is 12.7. The van der Waals surface area contributed by atoms with Crippen LogP contribution in [0.4, 0.5) is 5.69 Å². The van der Waals surface area contributed by atoms with Gasteiger partial charge in [-0.1, -0.05) is 0 Å². The fourth-order valence-electron chi connectivity index (χ4n) is 2.73. The molecule has 1 aliphatic heterocycles. The molecule has 3 rings (SSSR count). The number of aromatic nitrogens is 3. The van der Waals surface area contributed by atoms with Crippen LogP contribution in [0.1, 0.15) is 19.0 Å². The molecule has 24 heavy (non-hydrogen) atoms. The van der Waals surface area contributed by atoms with E-state index >= 15 is 0 Å². The van der Waals surface area contributed by atoms with E-state index in [1.807, 2.05) is 0 Å². The second kappa shape index (κ2) is 6.40. The number of rotatable bonds is 5. The van der Waals surface area contributed by atoms with Crippen LogP contribution in [0.15, 0.2) is 24.5 Å². The van der Waals surface area contributed by atoms with Gasteiger partial charge in [0.1, 0.15) is 16.7 Å². The molecule has 0 aromatic carbocycles. The average molecular weight is 352 g/mol. The molecule has 0 amide bonds. The first-order valence-electron chi connectivity index (χ1n) is 7.63. The van der Waals surface area contributed by atoms with Crippen molar-refractivity contribution in [2.24, 2.45) is 7.05 Å². The predicted octanol–water partition coefficient (Wildman–Crippen LogP) is 1.83. The summed E-state index contributed by atoms with van der Waals surface area (Å²) >= 11 is 0. The molecule has 1 saturated heterocycles. The molecule has 0 unspecified atom stereocenters. The molecule has 8 nitrogen and oxygen atoms in total. The Morgan fingerprint density at radius 1 is 1.46 bits per heavy atom. The van der Waals surface area contributed by atoms with E-state index in [-0.39, 0.29) is 6.10 Å². The van der Waals surface area contributed by atoms with Gasteiger partial charge in [-0.25, -0.2) is 13.1 Å². The van der Waals surface area contributed by atoms with Gasteiger partial charge >= 0.3 is 0 Å². The molecule has 1 aliphatic rings. The molecular formula is C15H20N4O4S. The maximum atomic E-state index is 12.7. The Labute approximate surface area is 140 Å². The van der Waals surface area contributed by atoms with Crippen LogP contribution in [0.2, 0.25) is 0 Å². The lowest BCUT2D eigenvalue weighted by Gasteiger charge is -2.17. The van der Waals surface area contributed by atoms with Gasteiger partial charge in [-0.3, -0.25) is 9.71 Å². The van der Waals surface area contributed by atoms with Crippen molar-refractivity contribution in [3.8, 4) is 11.6 Å². The maximum Gasteiger partial charge on any atom is 0.242 e. The highest BCUT2D eigenvalue weighted by atomic mass is 32.2. The number of aryl methyl sites for hydroxylation is 2. The fraction of sp³-hybridized carbons (Fsp3) is 0.467. The first-order valence-corrected chi connectivity index (χ1v) is 9.18. The average Bonchev–Trinajstić information content (AvgIpc) is 3.07. The Hall–Kier alpha value is -2.13. The van der Waals surface area contributed by atoms with Gasteiger partial charge in [0.2, 0.25) is 15.9 Å². The third kappa shape index (κ3) is 3.22. The number of hydrogen-bond acceptors (Lipinski definition) is 6. The number of nitrogens with zero attached hydrogens (tertiary/aromatic N) is 3. The minimum absolute atomic E-state index is 0.315. The normalized spacial score (nSPS) is 21.0. The van der Waals surface area contributed by atoms with E-state index in [1.165, 1.54) is 4.68 Å². The second-order valence-corrected chi connectivity index (χ2v) is 7.63. The van der Waals surface area contributed by atoms with Crippen molar-refractivity contribution in [3.05, 3.63) is 30.2 Å². The molecule has 1 fully saturated rings. The van der Waals surface area contributed by atoms with E-state index in [4.69, 9.17) is 9.47 Å². The van der Waals surface area contributed by atoms with E-state index in [0.717, 1.165) is 0 Å². The third-order valence-electron chi connectivity index (χ3n) is 3.97. The third-order valence-corrected chi connectivity index (χ3v) is 5.87. The molecule has 9 heteroatoms. The van der Waals surface area contributed by atoms with Crippen molar-refractivity contribution in [1.82, 2.24) is 14.8 Å². The zero-order valence-electron chi connectivity index (χ0n) is 13.8. The summed E-state index contributed by atoms with van der Waals surface area (Å²) < 4.78 is 40.6. The first kappa shape index (κ1) is 16.7. The van der Waals surface area contributed by atoms with Crippen LogP contribution in [0.3, 0.4) is 0 Å². The molecule has 130 valence electrons. The number of pyridine rings is 1. The van der Waals surface area contributed by atoms with E-state index < -0.39 is 15.3 Å². The summed E-state index contributed by atoms with van der Waals surface area (Å²) in [5.41, 5.74) is 0.868. The molecule has 2 aromatic rings. The Kier molecular flexibility index (Phi) is 4.46. The minimum atomic E-state index is -3.61.